The van der Waals surface area contributed by atoms with Crippen LogP contribution in [0, 0.1) is 5.82 Å². The number of aromatic nitrogens is 1. The Labute approximate surface area is 138 Å². The molecule has 0 unspecified atom stereocenters. The second kappa shape index (κ2) is 7.00. The maximum absolute atomic E-state index is 12.9. The van der Waals surface area contributed by atoms with Crippen molar-refractivity contribution in [3.63, 3.8) is 0 Å². The lowest BCUT2D eigenvalue weighted by Gasteiger charge is -2.16. The van der Waals surface area contributed by atoms with Crippen molar-refractivity contribution in [1.29, 1.82) is 0 Å². The number of hydrogen-bond acceptors (Lipinski definition) is 4. The molecule has 0 radical (unpaired) electrons. The maximum Gasteiger partial charge on any atom is 0.224 e. The molecule has 0 spiro atoms. The van der Waals surface area contributed by atoms with E-state index in [9.17, 15) is 9.18 Å². The molecule has 1 aliphatic rings. The molecule has 1 saturated heterocycles. The van der Waals surface area contributed by atoms with Crippen molar-refractivity contribution < 1.29 is 13.9 Å². The molecule has 1 fully saturated rings. The van der Waals surface area contributed by atoms with Crippen LogP contribution in [-0.4, -0.2) is 33.8 Å². The van der Waals surface area contributed by atoms with Gasteiger partial charge < -0.3 is 9.64 Å². The van der Waals surface area contributed by atoms with Gasteiger partial charge in [-0.1, -0.05) is 6.07 Å². The Morgan fingerprint density at radius 1 is 1.30 bits per heavy atom. The minimum Gasteiger partial charge on any atom is -0.439 e. The van der Waals surface area contributed by atoms with E-state index in [-0.39, 0.29) is 11.7 Å². The molecule has 1 atom stereocenters. The van der Waals surface area contributed by atoms with Gasteiger partial charge in [-0.15, -0.1) is 0 Å². The molecule has 23 heavy (non-hydrogen) atoms. The molecule has 1 aromatic heterocycles. The Hall–Kier alpha value is -2.08. The van der Waals surface area contributed by atoms with Crippen LogP contribution in [0.1, 0.15) is 12.0 Å². The molecule has 0 aliphatic carbocycles. The minimum absolute atomic E-state index is 0.191. The fourth-order valence-electron chi connectivity index (χ4n) is 2.46. The summed E-state index contributed by atoms with van der Waals surface area (Å²) in [6.45, 7) is 1.35. The third kappa shape index (κ3) is 4.01. The molecule has 0 saturated carbocycles. The number of carbonyl (C=O) groups excluding carboxylic acids is 1. The number of ether oxygens (including phenoxy) is 1. The summed E-state index contributed by atoms with van der Waals surface area (Å²) in [5.74, 6) is 0.856. The van der Waals surface area contributed by atoms with Gasteiger partial charge >= 0.3 is 0 Å². The minimum atomic E-state index is -0.306. The molecule has 0 bridgehead atoms. The van der Waals surface area contributed by atoms with E-state index in [0.717, 1.165) is 12.1 Å². The lowest BCUT2D eigenvalue weighted by Crippen LogP contribution is -2.24. The van der Waals surface area contributed by atoms with Crippen LogP contribution in [0.15, 0.2) is 42.6 Å². The van der Waals surface area contributed by atoms with Gasteiger partial charge in [0.1, 0.15) is 11.6 Å². The maximum atomic E-state index is 12.9. The molecule has 1 aliphatic heterocycles. The lowest BCUT2D eigenvalue weighted by molar-refractivity contribution is -0.128. The highest BCUT2D eigenvalue weighted by Gasteiger charge is 2.28. The van der Waals surface area contributed by atoms with Crippen molar-refractivity contribution in [2.45, 2.75) is 18.2 Å². The van der Waals surface area contributed by atoms with Crippen molar-refractivity contribution in [3.05, 3.63) is 54.0 Å². The molecular formula is C17H17FN2O2S. The average Bonchev–Trinajstić information content (AvgIpc) is 2.92. The molecule has 6 heteroatoms. The second-order valence-corrected chi connectivity index (χ2v) is 6.53. The van der Waals surface area contributed by atoms with E-state index >= 15 is 0 Å². The molecule has 2 heterocycles. The summed E-state index contributed by atoms with van der Waals surface area (Å²) >= 11 is 1.73. The molecule has 1 aromatic carbocycles. The molecule has 120 valence electrons. The zero-order valence-electron chi connectivity index (χ0n) is 12.7. The van der Waals surface area contributed by atoms with Gasteiger partial charge in [-0.2, -0.15) is 11.8 Å². The number of pyridine rings is 1. The third-order valence-corrected chi connectivity index (χ3v) is 4.70. The molecular weight excluding hydrogens is 315 g/mol. The van der Waals surface area contributed by atoms with Crippen molar-refractivity contribution >= 4 is 17.7 Å². The Bertz CT molecular complexity index is 676. The van der Waals surface area contributed by atoms with E-state index in [0.29, 0.717) is 29.8 Å². The zero-order chi connectivity index (χ0) is 16.2. The molecule has 1 amide bonds. The second-order valence-electron chi connectivity index (χ2n) is 5.40. The van der Waals surface area contributed by atoms with Gasteiger partial charge in [-0.05, 0) is 36.1 Å². The first-order valence-corrected chi connectivity index (χ1v) is 8.62. The average molecular weight is 332 g/mol. The summed E-state index contributed by atoms with van der Waals surface area (Å²) in [4.78, 5) is 18.0. The van der Waals surface area contributed by atoms with Gasteiger partial charge in [0.2, 0.25) is 11.8 Å². The summed E-state index contributed by atoms with van der Waals surface area (Å²) < 4.78 is 18.4. The quantitative estimate of drug-likeness (QED) is 0.841. The first-order chi connectivity index (χ1) is 11.1. The number of carbonyl (C=O) groups is 1. The summed E-state index contributed by atoms with van der Waals surface area (Å²) in [6, 6.07) is 9.43. The number of hydrogen-bond donors (Lipinski definition) is 0. The Kier molecular flexibility index (Phi) is 4.81. The van der Waals surface area contributed by atoms with Gasteiger partial charge in [0.05, 0.1) is 0 Å². The largest absolute Gasteiger partial charge is 0.439 e. The third-order valence-electron chi connectivity index (χ3n) is 3.72. The number of rotatable bonds is 5. The lowest BCUT2D eigenvalue weighted by atomic mass is 10.2. The van der Waals surface area contributed by atoms with Crippen LogP contribution in [0.4, 0.5) is 4.39 Å². The van der Waals surface area contributed by atoms with Crippen LogP contribution < -0.4 is 4.74 Å². The number of halogens is 1. The van der Waals surface area contributed by atoms with Crippen LogP contribution >= 0.6 is 11.8 Å². The number of likely N-dealkylation sites (tertiary alicyclic amines) is 1. The van der Waals surface area contributed by atoms with Crippen molar-refractivity contribution in [2.24, 2.45) is 0 Å². The van der Waals surface area contributed by atoms with Gasteiger partial charge in [-0.3, -0.25) is 4.79 Å². The van der Waals surface area contributed by atoms with Gasteiger partial charge in [-0.25, -0.2) is 9.37 Å². The first kappa shape index (κ1) is 15.8. The summed E-state index contributed by atoms with van der Waals surface area (Å²) in [5.41, 5.74) is 0.964. The number of nitrogens with zero attached hydrogens (tertiary/aromatic N) is 2. The predicted molar refractivity (Wildman–Crippen MR) is 88.0 cm³/mol. The van der Waals surface area contributed by atoms with Crippen LogP contribution in [0.25, 0.3) is 0 Å². The number of amides is 1. The highest BCUT2D eigenvalue weighted by Crippen LogP contribution is 2.24. The monoisotopic (exact) mass is 332 g/mol. The molecule has 3 rings (SSSR count). The highest BCUT2D eigenvalue weighted by atomic mass is 32.2. The van der Waals surface area contributed by atoms with E-state index < -0.39 is 0 Å². The Balaban J connectivity index is 1.61. The van der Waals surface area contributed by atoms with Crippen LogP contribution in [0.5, 0.6) is 11.6 Å². The summed E-state index contributed by atoms with van der Waals surface area (Å²) in [6.07, 6.45) is 4.35. The smallest absolute Gasteiger partial charge is 0.224 e. The SMILES string of the molecule is CS[C@@H]1CC(=O)N(Cc2ccc(Oc3ccc(F)cc3)nc2)C1. The van der Waals surface area contributed by atoms with Crippen molar-refractivity contribution in [2.75, 3.05) is 12.8 Å². The number of benzene rings is 1. The van der Waals surface area contributed by atoms with Crippen LogP contribution in [0.2, 0.25) is 0 Å². The predicted octanol–water partition coefficient (Wildman–Crippen LogP) is 3.48. The molecule has 0 N–H and O–H groups in total. The topological polar surface area (TPSA) is 42.4 Å². The molecule has 4 nitrogen and oxygen atoms in total. The van der Waals surface area contributed by atoms with Gasteiger partial charge in [0.15, 0.2) is 0 Å². The van der Waals surface area contributed by atoms with Crippen LogP contribution in [-0.2, 0) is 11.3 Å². The van der Waals surface area contributed by atoms with E-state index in [4.69, 9.17) is 4.74 Å². The first-order valence-electron chi connectivity index (χ1n) is 7.33. The van der Waals surface area contributed by atoms with Gasteiger partial charge in [0, 0.05) is 37.0 Å². The highest BCUT2D eigenvalue weighted by molar-refractivity contribution is 7.99. The van der Waals surface area contributed by atoms with Crippen molar-refractivity contribution in [1.82, 2.24) is 9.88 Å². The normalized spacial score (nSPS) is 17.6. The summed E-state index contributed by atoms with van der Waals surface area (Å²) in [7, 11) is 0. The fourth-order valence-corrected chi connectivity index (χ4v) is 3.09. The van der Waals surface area contributed by atoms with E-state index in [1.54, 1.807) is 36.2 Å². The molecule has 2 aromatic rings. The zero-order valence-corrected chi connectivity index (χ0v) is 13.6. The van der Waals surface area contributed by atoms with Gasteiger partial charge in [0.25, 0.3) is 0 Å². The Morgan fingerprint density at radius 2 is 2.09 bits per heavy atom. The standard InChI is InChI=1S/C17H17FN2O2S/c1-23-15-8-17(21)20(11-15)10-12-2-7-16(19-9-12)22-14-5-3-13(18)4-6-14/h2-7,9,15H,8,10-11H2,1H3/t15-/m1/s1. The van der Waals surface area contributed by atoms with Crippen molar-refractivity contribution in [3.8, 4) is 11.6 Å². The van der Waals surface area contributed by atoms with E-state index in [1.165, 1.54) is 12.1 Å². The fraction of sp³-hybridized carbons (Fsp3) is 0.294. The summed E-state index contributed by atoms with van der Waals surface area (Å²) in [5, 5.41) is 0.386. The van der Waals surface area contributed by atoms with E-state index in [1.807, 2.05) is 17.2 Å². The van der Waals surface area contributed by atoms with E-state index in [2.05, 4.69) is 4.98 Å². The van der Waals surface area contributed by atoms with Crippen LogP contribution in [0.3, 0.4) is 0 Å². The Morgan fingerprint density at radius 3 is 2.70 bits per heavy atom. The number of thioether (sulfide) groups is 1.